The minimum Gasteiger partial charge on any atom is -0.454 e. The van der Waals surface area contributed by atoms with Crippen LogP contribution in [0.4, 0.5) is 43.9 Å². The van der Waals surface area contributed by atoms with E-state index in [1.165, 1.54) is 12.3 Å². The first-order chi connectivity index (χ1) is 17.5. The molecule has 15 heteroatoms. The Balaban J connectivity index is 1.53. The molecule has 2 aromatic heterocycles. The van der Waals surface area contributed by atoms with E-state index in [4.69, 9.17) is 0 Å². The van der Waals surface area contributed by atoms with Crippen LogP contribution in [-0.4, -0.2) is 69.7 Å². The van der Waals surface area contributed by atoms with Gasteiger partial charge in [-0.2, -0.15) is 41.3 Å². The Kier molecular flexibility index (Phi) is 7.31. The second-order valence-electron chi connectivity index (χ2n) is 7.87. The summed E-state index contributed by atoms with van der Waals surface area (Å²) in [4.78, 5) is 31.6. The molecule has 1 N–H and O–H groups in total. The van der Waals surface area contributed by atoms with E-state index in [1.54, 1.807) is 28.1 Å². The van der Waals surface area contributed by atoms with Crippen LogP contribution in [0.2, 0.25) is 0 Å². The normalized spacial score (nSPS) is 14.4. The lowest BCUT2D eigenvalue weighted by molar-refractivity contribution is -0.154. The van der Waals surface area contributed by atoms with Crippen LogP contribution >= 0.6 is 0 Å². The van der Waals surface area contributed by atoms with E-state index in [0.717, 1.165) is 18.2 Å². The maximum atomic E-state index is 13.1. The number of nitrogens with zero attached hydrogens (tertiary/aromatic N) is 6. The quantitative estimate of drug-likeness (QED) is 0.482. The number of benzene rings is 1. The lowest BCUT2D eigenvalue weighted by atomic mass is 10.2. The molecule has 0 bridgehead atoms. The lowest BCUT2D eigenvalue weighted by Crippen LogP contribution is -2.49. The molecule has 0 unspecified atom stereocenters. The van der Waals surface area contributed by atoms with Gasteiger partial charge in [0, 0.05) is 44.3 Å². The Morgan fingerprint density at radius 2 is 1.73 bits per heavy atom. The van der Waals surface area contributed by atoms with E-state index < -0.39 is 30.5 Å². The molecule has 0 saturated carbocycles. The predicted molar refractivity (Wildman–Crippen MR) is 118 cm³/mol. The van der Waals surface area contributed by atoms with E-state index in [2.05, 4.69) is 30.0 Å². The number of pyridine rings is 1. The fraction of sp³-hybridized carbons (Fsp3) is 0.318. The molecule has 0 aliphatic carbocycles. The zero-order valence-corrected chi connectivity index (χ0v) is 18.9. The first-order valence-electron chi connectivity index (χ1n) is 10.8. The van der Waals surface area contributed by atoms with Gasteiger partial charge in [0.25, 0.3) is 5.91 Å². The summed E-state index contributed by atoms with van der Waals surface area (Å²) in [6.07, 6.45) is -6.29. The SMILES string of the molecule is O=C(c1cccnc1)N1CCN(c2nc(Nc3cccc(C(F)(F)F)c3)nc(OCC(F)(F)F)n2)CC1. The average Bonchev–Trinajstić information content (AvgIpc) is 2.87. The Morgan fingerprint density at radius 3 is 2.38 bits per heavy atom. The van der Waals surface area contributed by atoms with Crippen LogP contribution in [0, 0.1) is 0 Å². The molecule has 3 aromatic rings. The molecule has 0 spiro atoms. The largest absolute Gasteiger partial charge is 0.454 e. The van der Waals surface area contributed by atoms with Crippen LogP contribution in [0.1, 0.15) is 15.9 Å². The fourth-order valence-electron chi connectivity index (χ4n) is 3.44. The number of carbonyl (C=O) groups is 1. The molecule has 0 radical (unpaired) electrons. The third kappa shape index (κ3) is 6.95. The van der Waals surface area contributed by atoms with E-state index >= 15 is 0 Å². The molecule has 1 fully saturated rings. The van der Waals surface area contributed by atoms with Gasteiger partial charge in [-0.05, 0) is 30.3 Å². The number of aromatic nitrogens is 4. The molecule has 37 heavy (non-hydrogen) atoms. The van der Waals surface area contributed by atoms with Crippen molar-refractivity contribution in [2.45, 2.75) is 12.4 Å². The molecule has 196 valence electrons. The number of piperazine rings is 1. The van der Waals surface area contributed by atoms with Crippen molar-refractivity contribution >= 4 is 23.5 Å². The summed E-state index contributed by atoms with van der Waals surface area (Å²) in [6.45, 7) is -0.689. The summed E-state index contributed by atoms with van der Waals surface area (Å²) in [5, 5.41) is 2.56. The van der Waals surface area contributed by atoms with Gasteiger partial charge in [-0.25, -0.2) is 0 Å². The van der Waals surface area contributed by atoms with Gasteiger partial charge in [0.15, 0.2) is 6.61 Å². The number of nitrogens with one attached hydrogen (secondary N) is 1. The van der Waals surface area contributed by atoms with Crippen molar-refractivity contribution in [1.29, 1.82) is 0 Å². The summed E-state index contributed by atoms with van der Waals surface area (Å²) in [5.74, 6) is -0.602. The highest BCUT2D eigenvalue weighted by Gasteiger charge is 2.31. The van der Waals surface area contributed by atoms with Crippen molar-refractivity contribution in [3.63, 3.8) is 0 Å². The smallest absolute Gasteiger partial charge is 0.422 e. The molecule has 9 nitrogen and oxygen atoms in total. The number of hydrogen-bond donors (Lipinski definition) is 1. The summed E-state index contributed by atoms with van der Waals surface area (Å²) in [5.41, 5.74) is -0.568. The van der Waals surface area contributed by atoms with Crippen LogP contribution in [0.3, 0.4) is 0 Å². The molecular formula is C22H19F6N7O2. The molecule has 1 amide bonds. The molecular weight excluding hydrogens is 508 g/mol. The van der Waals surface area contributed by atoms with Gasteiger partial charge in [-0.1, -0.05) is 6.07 Å². The molecule has 1 saturated heterocycles. The monoisotopic (exact) mass is 527 g/mol. The van der Waals surface area contributed by atoms with E-state index in [-0.39, 0.29) is 49.7 Å². The third-order valence-electron chi connectivity index (χ3n) is 5.17. The summed E-state index contributed by atoms with van der Waals surface area (Å²) < 4.78 is 81.9. The molecule has 1 aliphatic rings. The molecule has 4 rings (SSSR count). The van der Waals surface area contributed by atoms with E-state index in [0.29, 0.717) is 5.56 Å². The second-order valence-corrected chi connectivity index (χ2v) is 7.87. The summed E-state index contributed by atoms with van der Waals surface area (Å²) in [7, 11) is 0. The number of halogens is 6. The van der Waals surface area contributed by atoms with Gasteiger partial charge in [0.05, 0.1) is 11.1 Å². The van der Waals surface area contributed by atoms with Crippen molar-refractivity contribution in [2.24, 2.45) is 0 Å². The maximum Gasteiger partial charge on any atom is 0.422 e. The van der Waals surface area contributed by atoms with E-state index in [9.17, 15) is 31.1 Å². The van der Waals surface area contributed by atoms with Crippen molar-refractivity contribution in [3.05, 3.63) is 59.9 Å². The summed E-state index contributed by atoms with van der Waals surface area (Å²) in [6, 6.07) is 6.76. The van der Waals surface area contributed by atoms with Gasteiger partial charge in [0.1, 0.15) is 0 Å². The number of alkyl halides is 6. The van der Waals surface area contributed by atoms with Crippen molar-refractivity contribution in [3.8, 4) is 6.01 Å². The number of carbonyl (C=O) groups excluding carboxylic acids is 1. The zero-order chi connectivity index (χ0) is 26.6. The number of ether oxygens (including phenoxy) is 1. The van der Waals surface area contributed by atoms with Crippen LogP contribution in [0.15, 0.2) is 48.8 Å². The highest BCUT2D eigenvalue weighted by molar-refractivity contribution is 5.94. The van der Waals surface area contributed by atoms with Crippen LogP contribution in [0.25, 0.3) is 0 Å². The average molecular weight is 527 g/mol. The number of rotatable bonds is 6. The van der Waals surface area contributed by atoms with Gasteiger partial charge in [0.2, 0.25) is 11.9 Å². The van der Waals surface area contributed by atoms with Gasteiger partial charge in [-0.15, -0.1) is 0 Å². The highest BCUT2D eigenvalue weighted by Crippen LogP contribution is 2.31. The number of anilines is 3. The standard InChI is InChI=1S/C22H19F6N7O2/c23-21(24,25)13-37-20-32-18(30-16-5-1-4-15(11-16)22(26,27)28)31-19(33-20)35-9-7-34(8-10-35)17(36)14-3-2-6-29-12-14/h1-6,11-12H,7-10,13H2,(H,30,31,32,33). The highest BCUT2D eigenvalue weighted by atomic mass is 19.4. The Morgan fingerprint density at radius 1 is 0.973 bits per heavy atom. The number of hydrogen-bond acceptors (Lipinski definition) is 8. The predicted octanol–water partition coefficient (Wildman–Crippen LogP) is 3.93. The summed E-state index contributed by atoms with van der Waals surface area (Å²) >= 11 is 0. The zero-order valence-electron chi connectivity index (χ0n) is 18.9. The molecule has 1 aliphatic heterocycles. The number of amides is 1. The third-order valence-corrected chi connectivity index (χ3v) is 5.17. The van der Waals surface area contributed by atoms with Gasteiger partial charge in [-0.3, -0.25) is 9.78 Å². The Hall–Kier alpha value is -4.17. The topological polar surface area (TPSA) is 96.4 Å². The van der Waals surface area contributed by atoms with Crippen LogP contribution in [-0.2, 0) is 6.18 Å². The lowest BCUT2D eigenvalue weighted by Gasteiger charge is -2.34. The Bertz CT molecular complexity index is 1230. The maximum absolute atomic E-state index is 13.1. The molecule has 0 atom stereocenters. The van der Waals surface area contributed by atoms with Crippen molar-refractivity contribution in [1.82, 2.24) is 24.8 Å². The van der Waals surface area contributed by atoms with Gasteiger partial charge < -0.3 is 19.9 Å². The van der Waals surface area contributed by atoms with Crippen molar-refractivity contribution in [2.75, 3.05) is 43.0 Å². The van der Waals surface area contributed by atoms with E-state index in [1.807, 2.05) is 0 Å². The first kappa shape index (κ1) is 25.9. The fourth-order valence-corrected chi connectivity index (χ4v) is 3.44. The minimum absolute atomic E-state index is 0.0411. The van der Waals surface area contributed by atoms with Crippen molar-refractivity contribution < 1.29 is 35.9 Å². The first-order valence-corrected chi connectivity index (χ1v) is 10.8. The van der Waals surface area contributed by atoms with Gasteiger partial charge >= 0.3 is 18.4 Å². The molecule has 3 heterocycles. The van der Waals surface area contributed by atoms with Crippen LogP contribution < -0.4 is 15.0 Å². The Labute approximate surface area is 206 Å². The molecule has 1 aromatic carbocycles. The van der Waals surface area contributed by atoms with Crippen LogP contribution in [0.5, 0.6) is 6.01 Å². The second kappa shape index (κ2) is 10.4. The minimum atomic E-state index is -4.67.